The largest absolute Gasteiger partial charge is 0.332 e. The van der Waals surface area contributed by atoms with Gasteiger partial charge in [0, 0.05) is 22.2 Å². The molecule has 0 fully saturated rings. The smallest absolute Gasteiger partial charge is 0.195 e. The molecule has 4 rings (SSSR count). The molecule has 130 valence electrons. The van der Waals surface area contributed by atoms with Crippen LogP contribution in [0.25, 0.3) is 10.9 Å². The Hall–Kier alpha value is -2.79. The van der Waals surface area contributed by atoms with Crippen molar-refractivity contribution in [2.75, 3.05) is 0 Å². The van der Waals surface area contributed by atoms with E-state index in [9.17, 15) is 4.79 Å². The molecule has 1 heterocycles. The molecule has 2 heteroatoms. The summed E-state index contributed by atoms with van der Waals surface area (Å²) in [5.74, 6) is 2.79. The van der Waals surface area contributed by atoms with Gasteiger partial charge < -0.3 is 4.57 Å². The van der Waals surface area contributed by atoms with Crippen LogP contribution in [0.15, 0.2) is 42.5 Å². The van der Waals surface area contributed by atoms with E-state index < -0.39 is 0 Å². The van der Waals surface area contributed by atoms with Crippen LogP contribution in [-0.4, -0.2) is 10.4 Å². The average Bonchev–Trinajstić information content (AvgIpc) is 3.06. The molecule has 0 unspecified atom stereocenters. The van der Waals surface area contributed by atoms with Gasteiger partial charge in [-0.1, -0.05) is 50.1 Å². The topological polar surface area (TPSA) is 22.0 Å². The SMILES string of the molecule is C#CCn1c(C)c(C(=O)c2ccc3c(c2)CC(C)(C)C3)c2ccccc21. The van der Waals surface area contributed by atoms with Crippen molar-refractivity contribution in [3.63, 3.8) is 0 Å². The monoisotopic (exact) mass is 341 g/mol. The van der Waals surface area contributed by atoms with Crippen LogP contribution in [0.5, 0.6) is 0 Å². The van der Waals surface area contributed by atoms with Crippen molar-refractivity contribution < 1.29 is 4.79 Å². The molecule has 0 radical (unpaired) electrons. The number of fused-ring (bicyclic) bond motifs is 2. The first-order valence-corrected chi connectivity index (χ1v) is 9.09. The molecule has 1 aliphatic carbocycles. The van der Waals surface area contributed by atoms with Crippen molar-refractivity contribution in [3.8, 4) is 12.3 Å². The van der Waals surface area contributed by atoms with Crippen LogP contribution in [0.1, 0.15) is 46.6 Å². The summed E-state index contributed by atoms with van der Waals surface area (Å²) in [6, 6.07) is 14.2. The highest BCUT2D eigenvalue weighted by molar-refractivity contribution is 6.17. The van der Waals surface area contributed by atoms with Gasteiger partial charge in [0.15, 0.2) is 5.78 Å². The molecular weight excluding hydrogens is 318 g/mol. The average molecular weight is 341 g/mol. The minimum absolute atomic E-state index is 0.0852. The molecule has 3 aromatic rings. The van der Waals surface area contributed by atoms with Crippen LogP contribution in [-0.2, 0) is 19.4 Å². The minimum Gasteiger partial charge on any atom is -0.332 e. The van der Waals surface area contributed by atoms with Gasteiger partial charge in [-0.15, -0.1) is 6.42 Å². The highest BCUT2D eigenvalue weighted by Crippen LogP contribution is 2.37. The van der Waals surface area contributed by atoms with Crippen LogP contribution in [0.4, 0.5) is 0 Å². The Balaban J connectivity index is 1.84. The van der Waals surface area contributed by atoms with E-state index in [2.05, 4.69) is 36.5 Å². The van der Waals surface area contributed by atoms with Gasteiger partial charge in [-0.25, -0.2) is 0 Å². The number of hydrogen-bond acceptors (Lipinski definition) is 1. The summed E-state index contributed by atoms with van der Waals surface area (Å²) >= 11 is 0. The van der Waals surface area contributed by atoms with E-state index in [4.69, 9.17) is 6.42 Å². The number of carbonyl (C=O) groups excluding carboxylic acids is 1. The summed E-state index contributed by atoms with van der Waals surface area (Å²) in [6.45, 7) is 7.03. The molecule has 26 heavy (non-hydrogen) atoms. The molecule has 0 saturated heterocycles. The zero-order valence-electron chi connectivity index (χ0n) is 15.6. The second-order valence-corrected chi connectivity index (χ2v) is 8.10. The lowest BCUT2D eigenvalue weighted by molar-refractivity contribution is 0.103. The number of nitrogens with zero attached hydrogens (tertiary/aromatic N) is 1. The van der Waals surface area contributed by atoms with Gasteiger partial charge in [0.1, 0.15) is 0 Å². The highest BCUT2D eigenvalue weighted by atomic mass is 16.1. The maximum atomic E-state index is 13.4. The van der Waals surface area contributed by atoms with E-state index >= 15 is 0 Å². The molecule has 0 N–H and O–H groups in total. The number of carbonyl (C=O) groups is 1. The van der Waals surface area contributed by atoms with Crippen molar-refractivity contribution in [2.45, 2.75) is 40.2 Å². The molecule has 0 bridgehead atoms. The van der Waals surface area contributed by atoms with Gasteiger partial charge in [-0.05, 0) is 48.4 Å². The zero-order chi connectivity index (χ0) is 18.5. The summed E-state index contributed by atoms with van der Waals surface area (Å²) < 4.78 is 2.05. The summed E-state index contributed by atoms with van der Waals surface area (Å²) in [7, 11) is 0. The molecule has 1 aromatic heterocycles. The standard InChI is InChI=1S/C24H23NO/c1-5-12-25-16(2)22(20-8-6-7-9-21(20)25)23(26)17-10-11-18-14-24(3,4)15-19(18)13-17/h1,6-11,13H,12,14-15H2,2-4H3. The Morgan fingerprint density at radius 1 is 1.15 bits per heavy atom. The van der Waals surface area contributed by atoms with E-state index in [0.29, 0.717) is 6.54 Å². The van der Waals surface area contributed by atoms with E-state index in [0.717, 1.165) is 40.6 Å². The van der Waals surface area contributed by atoms with Crippen LogP contribution in [0.3, 0.4) is 0 Å². The van der Waals surface area contributed by atoms with Gasteiger partial charge in [-0.3, -0.25) is 4.79 Å². The predicted octanol–water partition coefficient (Wildman–Crippen LogP) is 4.94. The molecule has 2 aromatic carbocycles. The second kappa shape index (κ2) is 5.88. The van der Waals surface area contributed by atoms with Gasteiger partial charge in [0.25, 0.3) is 0 Å². The summed E-state index contributed by atoms with van der Waals surface area (Å²) in [5, 5.41) is 0.978. The third-order valence-corrected chi connectivity index (χ3v) is 5.51. The van der Waals surface area contributed by atoms with E-state index in [1.165, 1.54) is 11.1 Å². The zero-order valence-corrected chi connectivity index (χ0v) is 15.6. The van der Waals surface area contributed by atoms with Crippen molar-refractivity contribution in [3.05, 3.63) is 70.4 Å². The number of terminal acetylenes is 1. The lowest BCUT2D eigenvalue weighted by atomic mass is 9.90. The Morgan fingerprint density at radius 3 is 2.65 bits per heavy atom. The van der Waals surface area contributed by atoms with Crippen LogP contribution in [0, 0.1) is 24.7 Å². The fourth-order valence-electron chi connectivity index (χ4n) is 4.35. The molecule has 0 aliphatic heterocycles. The fraction of sp³-hybridized carbons (Fsp3) is 0.292. The minimum atomic E-state index is 0.0852. The first-order valence-electron chi connectivity index (χ1n) is 9.09. The van der Waals surface area contributed by atoms with Crippen LogP contribution < -0.4 is 0 Å². The number of aromatic nitrogens is 1. The first-order chi connectivity index (χ1) is 12.4. The molecule has 0 saturated carbocycles. The van der Waals surface area contributed by atoms with Gasteiger partial charge >= 0.3 is 0 Å². The Labute approximate surface area is 154 Å². The fourth-order valence-corrected chi connectivity index (χ4v) is 4.35. The number of para-hydroxylation sites is 1. The summed E-state index contributed by atoms with van der Waals surface area (Å²) in [5.41, 5.74) is 6.47. The van der Waals surface area contributed by atoms with Crippen LogP contribution in [0.2, 0.25) is 0 Å². The van der Waals surface area contributed by atoms with Crippen molar-refractivity contribution in [2.24, 2.45) is 5.41 Å². The molecule has 0 spiro atoms. The van der Waals surface area contributed by atoms with E-state index in [1.54, 1.807) is 0 Å². The Morgan fingerprint density at radius 2 is 1.88 bits per heavy atom. The predicted molar refractivity (Wildman–Crippen MR) is 107 cm³/mol. The second-order valence-electron chi connectivity index (χ2n) is 8.10. The van der Waals surface area contributed by atoms with Crippen molar-refractivity contribution >= 4 is 16.7 Å². The van der Waals surface area contributed by atoms with Crippen molar-refractivity contribution in [1.82, 2.24) is 4.57 Å². The maximum absolute atomic E-state index is 13.4. The third-order valence-electron chi connectivity index (χ3n) is 5.51. The molecule has 1 aliphatic rings. The molecule has 2 nitrogen and oxygen atoms in total. The van der Waals surface area contributed by atoms with Crippen LogP contribution >= 0.6 is 0 Å². The molecule has 0 atom stereocenters. The molecular formula is C24H23NO. The number of ketones is 1. The Kier molecular flexibility index (Phi) is 3.77. The maximum Gasteiger partial charge on any atom is 0.195 e. The Bertz CT molecular complexity index is 1080. The third kappa shape index (κ3) is 2.56. The van der Waals surface area contributed by atoms with Gasteiger partial charge in [0.05, 0.1) is 12.1 Å². The summed E-state index contributed by atoms with van der Waals surface area (Å²) in [4.78, 5) is 13.4. The van der Waals surface area contributed by atoms with Crippen molar-refractivity contribution in [1.29, 1.82) is 0 Å². The normalized spacial score (nSPS) is 15.0. The number of rotatable bonds is 3. The number of hydrogen-bond donors (Lipinski definition) is 0. The lowest BCUT2D eigenvalue weighted by Gasteiger charge is -2.14. The van der Waals surface area contributed by atoms with E-state index in [1.807, 2.05) is 37.3 Å². The van der Waals surface area contributed by atoms with Gasteiger partial charge in [-0.2, -0.15) is 0 Å². The van der Waals surface area contributed by atoms with E-state index in [-0.39, 0.29) is 11.2 Å². The highest BCUT2D eigenvalue weighted by Gasteiger charge is 2.29. The van der Waals surface area contributed by atoms with Gasteiger partial charge in [0.2, 0.25) is 0 Å². The number of benzene rings is 2. The first kappa shape index (κ1) is 16.7. The molecule has 0 amide bonds. The lowest BCUT2D eigenvalue weighted by Crippen LogP contribution is -2.09. The quantitative estimate of drug-likeness (QED) is 0.488. The summed E-state index contributed by atoms with van der Waals surface area (Å²) in [6.07, 6.45) is 7.66.